The fourth-order valence-electron chi connectivity index (χ4n) is 2.66. The molecule has 0 spiro atoms. The van der Waals surface area contributed by atoms with Gasteiger partial charge < -0.3 is 4.90 Å². The van der Waals surface area contributed by atoms with E-state index in [1.54, 1.807) is 6.33 Å². The van der Waals surface area contributed by atoms with E-state index in [2.05, 4.69) is 20.0 Å². The fourth-order valence-corrected chi connectivity index (χ4v) is 2.66. The molecule has 0 bridgehead atoms. The summed E-state index contributed by atoms with van der Waals surface area (Å²) in [6.45, 7) is 2.20. The molecule has 0 aromatic carbocycles. The Labute approximate surface area is 107 Å². The van der Waals surface area contributed by atoms with Crippen LogP contribution in [0.3, 0.4) is 0 Å². The molecular formula is C13H19N5. The molecule has 5 nitrogen and oxygen atoms in total. The van der Waals surface area contributed by atoms with Gasteiger partial charge in [-0.05, 0) is 12.8 Å². The van der Waals surface area contributed by atoms with Gasteiger partial charge in [0, 0.05) is 20.1 Å². The number of hydrogen-bond acceptors (Lipinski definition) is 4. The van der Waals surface area contributed by atoms with E-state index in [4.69, 9.17) is 0 Å². The van der Waals surface area contributed by atoms with E-state index in [0.29, 0.717) is 0 Å². The number of nitrogens with zero attached hydrogens (tertiary/aromatic N) is 5. The lowest BCUT2D eigenvalue weighted by Gasteiger charge is -2.25. The molecule has 0 saturated carbocycles. The summed E-state index contributed by atoms with van der Waals surface area (Å²) in [6, 6.07) is 0. The Bertz CT molecular complexity index is 525. The zero-order chi connectivity index (χ0) is 12.4. The second-order valence-electron chi connectivity index (χ2n) is 4.96. The van der Waals surface area contributed by atoms with Crippen molar-refractivity contribution in [1.82, 2.24) is 19.7 Å². The molecule has 1 aliphatic rings. The summed E-state index contributed by atoms with van der Waals surface area (Å²) in [5.41, 5.74) is 0.919. The quantitative estimate of drug-likeness (QED) is 0.772. The predicted molar refractivity (Wildman–Crippen MR) is 71.6 cm³/mol. The van der Waals surface area contributed by atoms with Crippen LogP contribution < -0.4 is 4.90 Å². The van der Waals surface area contributed by atoms with Crippen molar-refractivity contribution in [1.29, 1.82) is 0 Å². The van der Waals surface area contributed by atoms with Crippen LogP contribution in [-0.4, -0.2) is 32.8 Å². The van der Waals surface area contributed by atoms with Crippen LogP contribution in [0.25, 0.3) is 11.0 Å². The molecule has 18 heavy (non-hydrogen) atoms. The lowest BCUT2D eigenvalue weighted by molar-refractivity contribution is 0.554. The molecule has 0 unspecified atom stereocenters. The van der Waals surface area contributed by atoms with Gasteiger partial charge in [-0.1, -0.05) is 19.3 Å². The summed E-state index contributed by atoms with van der Waals surface area (Å²) in [6.07, 6.45) is 10.1. The van der Waals surface area contributed by atoms with Gasteiger partial charge in [0.2, 0.25) is 0 Å². The number of rotatable bonds is 1. The fraction of sp³-hybridized carbons (Fsp3) is 0.615. The minimum atomic E-state index is 0.919. The van der Waals surface area contributed by atoms with Crippen molar-refractivity contribution < 1.29 is 0 Å². The van der Waals surface area contributed by atoms with Gasteiger partial charge in [0.25, 0.3) is 0 Å². The molecule has 1 saturated heterocycles. The first-order chi connectivity index (χ1) is 8.86. The SMILES string of the molecule is Cn1ncc2c(N3CCCCCCC3)ncnc21. The largest absolute Gasteiger partial charge is 0.356 e. The average Bonchev–Trinajstić information content (AvgIpc) is 2.71. The Balaban J connectivity index is 1.96. The first-order valence-electron chi connectivity index (χ1n) is 6.74. The van der Waals surface area contributed by atoms with Gasteiger partial charge in [-0.3, -0.25) is 4.68 Å². The van der Waals surface area contributed by atoms with E-state index in [9.17, 15) is 0 Å². The third kappa shape index (κ3) is 2.05. The Morgan fingerprint density at radius 1 is 1.00 bits per heavy atom. The normalized spacial score (nSPS) is 17.7. The van der Waals surface area contributed by atoms with E-state index >= 15 is 0 Å². The minimum absolute atomic E-state index is 0.919. The molecule has 2 aromatic heterocycles. The molecule has 0 N–H and O–H groups in total. The maximum absolute atomic E-state index is 4.48. The van der Waals surface area contributed by atoms with Crippen molar-refractivity contribution in [3.8, 4) is 0 Å². The predicted octanol–water partition coefficient (Wildman–Crippen LogP) is 2.13. The summed E-state index contributed by atoms with van der Waals surface area (Å²) in [5, 5.41) is 5.35. The summed E-state index contributed by atoms with van der Waals surface area (Å²) in [4.78, 5) is 11.2. The van der Waals surface area contributed by atoms with E-state index in [1.807, 2.05) is 17.9 Å². The van der Waals surface area contributed by atoms with E-state index in [0.717, 1.165) is 29.9 Å². The van der Waals surface area contributed by atoms with Gasteiger partial charge in [0.05, 0.1) is 11.6 Å². The van der Waals surface area contributed by atoms with Crippen molar-refractivity contribution in [3.05, 3.63) is 12.5 Å². The molecule has 3 heterocycles. The van der Waals surface area contributed by atoms with Crippen LogP contribution in [0.5, 0.6) is 0 Å². The zero-order valence-electron chi connectivity index (χ0n) is 10.8. The summed E-state index contributed by atoms with van der Waals surface area (Å²) < 4.78 is 1.81. The van der Waals surface area contributed by atoms with Crippen molar-refractivity contribution in [3.63, 3.8) is 0 Å². The van der Waals surface area contributed by atoms with Crippen LogP contribution in [0, 0.1) is 0 Å². The van der Waals surface area contributed by atoms with Crippen LogP contribution in [-0.2, 0) is 7.05 Å². The van der Waals surface area contributed by atoms with Gasteiger partial charge in [0.1, 0.15) is 12.1 Å². The van der Waals surface area contributed by atoms with Crippen molar-refractivity contribution in [2.45, 2.75) is 32.1 Å². The topological polar surface area (TPSA) is 46.8 Å². The number of aryl methyl sites for hydroxylation is 1. The summed E-state index contributed by atoms with van der Waals surface area (Å²) >= 11 is 0. The van der Waals surface area contributed by atoms with Crippen molar-refractivity contribution in [2.75, 3.05) is 18.0 Å². The molecule has 3 rings (SSSR count). The third-order valence-corrected chi connectivity index (χ3v) is 3.66. The highest BCUT2D eigenvalue weighted by atomic mass is 15.3. The molecule has 96 valence electrons. The molecule has 0 amide bonds. The monoisotopic (exact) mass is 245 g/mol. The zero-order valence-corrected chi connectivity index (χ0v) is 10.8. The van der Waals surface area contributed by atoms with Gasteiger partial charge in [-0.15, -0.1) is 0 Å². The maximum Gasteiger partial charge on any atom is 0.163 e. The summed E-state index contributed by atoms with van der Waals surface area (Å²) in [5.74, 6) is 1.05. The van der Waals surface area contributed by atoms with Gasteiger partial charge in [-0.2, -0.15) is 5.10 Å². The van der Waals surface area contributed by atoms with Gasteiger partial charge in [-0.25, -0.2) is 9.97 Å². The number of aromatic nitrogens is 4. The number of hydrogen-bond donors (Lipinski definition) is 0. The van der Waals surface area contributed by atoms with Crippen LogP contribution in [0.15, 0.2) is 12.5 Å². The van der Waals surface area contributed by atoms with Crippen LogP contribution in [0.4, 0.5) is 5.82 Å². The van der Waals surface area contributed by atoms with E-state index < -0.39 is 0 Å². The molecular weight excluding hydrogens is 226 g/mol. The Hall–Kier alpha value is -1.65. The lowest BCUT2D eigenvalue weighted by Crippen LogP contribution is -2.28. The first-order valence-corrected chi connectivity index (χ1v) is 6.74. The van der Waals surface area contributed by atoms with E-state index in [1.165, 1.54) is 32.1 Å². The number of fused-ring (bicyclic) bond motifs is 1. The van der Waals surface area contributed by atoms with Crippen molar-refractivity contribution in [2.24, 2.45) is 7.05 Å². The van der Waals surface area contributed by atoms with Gasteiger partial charge >= 0.3 is 0 Å². The van der Waals surface area contributed by atoms with Crippen molar-refractivity contribution >= 4 is 16.9 Å². The first kappa shape index (κ1) is 11.4. The second-order valence-corrected chi connectivity index (χ2v) is 4.96. The molecule has 0 radical (unpaired) electrons. The third-order valence-electron chi connectivity index (χ3n) is 3.66. The molecule has 5 heteroatoms. The smallest absolute Gasteiger partial charge is 0.163 e. The molecule has 0 atom stereocenters. The maximum atomic E-state index is 4.48. The lowest BCUT2D eigenvalue weighted by atomic mass is 10.1. The highest BCUT2D eigenvalue weighted by molar-refractivity contribution is 5.86. The van der Waals surface area contributed by atoms with E-state index in [-0.39, 0.29) is 0 Å². The van der Waals surface area contributed by atoms with Crippen LogP contribution >= 0.6 is 0 Å². The van der Waals surface area contributed by atoms with Gasteiger partial charge in [0.15, 0.2) is 5.65 Å². The highest BCUT2D eigenvalue weighted by Crippen LogP contribution is 2.24. The standard InChI is InChI=1S/C13H19N5/c1-17-12-11(9-16-17)13(15-10-14-12)18-7-5-3-2-4-6-8-18/h9-10H,2-8H2,1H3. The second kappa shape index (κ2) is 4.92. The van der Waals surface area contributed by atoms with Crippen LogP contribution in [0.1, 0.15) is 32.1 Å². The Morgan fingerprint density at radius 2 is 1.72 bits per heavy atom. The minimum Gasteiger partial charge on any atom is -0.356 e. The highest BCUT2D eigenvalue weighted by Gasteiger charge is 2.15. The molecule has 2 aromatic rings. The average molecular weight is 245 g/mol. The molecule has 1 aliphatic heterocycles. The molecule has 0 aliphatic carbocycles. The summed E-state index contributed by atoms with van der Waals surface area (Å²) in [7, 11) is 1.92. The Kier molecular flexibility index (Phi) is 3.13. The Morgan fingerprint density at radius 3 is 2.50 bits per heavy atom. The molecule has 1 fully saturated rings. The van der Waals surface area contributed by atoms with Crippen LogP contribution in [0.2, 0.25) is 0 Å². The number of anilines is 1.